The summed E-state index contributed by atoms with van der Waals surface area (Å²) in [6, 6.07) is 55.8. The summed E-state index contributed by atoms with van der Waals surface area (Å²) >= 11 is 0. The lowest BCUT2D eigenvalue weighted by molar-refractivity contribution is -0.305. The molecule has 2 heterocycles. The van der Waals surface area contributed by atoms with Gasteiger partial charge >= 0.3 is 0 Å². The molecule has 0 bridgehead atoms. The Morgan fingerprint density at radius 3 is 1.57 bits per heavy atom. The van der Waals surface area contributed by atoms with Crippen molar-refractivity contribution < 1.29 is 44.9 Å². The molecule has 2 aliphatic rings. The van der Waals surface area contributed by atoms with Gasteiger partial charge in [-0.25, -0.2) is 16.8 Å². The zero-order chi connectivity index (χ0) is 49.2. The smallest absolute Gasteiger partial charge is 0.261 e. The Morgan fingerprint density at radius 1 is 0.629 bits per heavy atom. The molecule has 10 nitrogen and oxygen atoms in total. The van der Waals surface area contributed by atoms with Gasteiger partial charge in [0.1, 0.15) is 6.10 Å². The van der Waals surface area contributed by atoms with Crippen molar-refractivity contribution in [3.8, 4) is 0 Å². The Labute approximate surface area is 415 Å². The molecule has 2 aliphatic heterocycles. The second kappa shape index (κ2) is 22.6. The predicted octanol–water partition coefficient (Wildman–Crippen LogP) is 9.49. The van der Waals surface area contributed by atoms with E-state index in [1.165, 1.54) is 24.3 Å². The van der Waals surface area contributed by atoms with Crippen LogP contribution in [-0.2, 0) is 61.0 Å². The highest BCUT2D eigenvalue weighted by molar-refractivity contribution is 8.09. The highest BCUT2D eigenvalue weighted by atomic mass is 32.3. The first-order valence-corrected chi connectivity index (χ1v) is 28.9. The summed E-state index contributed by atoms with van der Waals surface area (Å²) < 4.78 is 99.5. The van der Waals surface area contributed by atoms with Crippen LogP contribution in [0.15, 0.2) is 204 Å². The van der Waals surface area contributed by atoms with Crippen LogP contribution in [0.1, 0.15) is 51.2 Å². The summed E-state index contributed by atoms with van der Waals surface area (Å²) in [6.45, 7) is 7.44. The summed E-state index contributed by atoms with van der Waals surface area (Å²) in [5, 5.41) is 1.92. The summed E-state index contributed by atoms with van der Waals surface area (Å²) in [6.07, 6.45) is 1.53. The van der Waals surface area contributed by atoms with Gasteiger partial charge in [-0.3, -0.25) is 0 Å². The van der Waals surface area contributed by atoms with Gasteiger partial charge in [0, 0.05) is 25.9 Å². The van der Waals surface area contributed by atoms with E-state index in [0.717, 1.165) is 21.5 Å². The zero-order valence-electron chi connectivity index (χ0n) is 40.3. The van der Waals surface area contributed by atoms with Gasteiger partial charge in [0.05, 0.1) is 54.5 Å². The minimum absolute atomic E-state index is 0.0593. The third kappa shape index (κ3) is 11.5. The predicted molar refractivity (Wildman–Crippen MR) is 275 cm³/mol. The Bertz CT molecular complexity index is 2710. The molecule has 6 atom stereocenters. The molecular formula is C57H64O10S2Si. The van der Waals surface area contributed by atoms with Crippen LogP contribution in [0.2, 0.25) is 5.04 Å². The maximum absolute atomic E-state index is 15.1. The molecule has 1 spiro atoms. The molecule has 8 rings (SSSR count). The first kappa shape index (κ1) is 51.3. The molecule has 0 aliphatic carbocycles. The largest absolute Gasteiger partial charge is 0.405 e. The average molecular weight is 1000 g/mol. The van der Waals surface area contributed by atoms with Gasteiger partial charge in [0.2, 0.25) is 0 Å². The number of hydrogen-bond acceptors (Lipinski definition) is 10. The quantitative estimate of drug-likeness (QED) is 0.0540. The summed E-state index contributed by atoms with van der Waals surface area (Å²) in [7, 11) is -10.6. The molecule has 0 aromatic heterocycles. The molecule has 1 fully saturated rings. The van der Waals surface area contributed by atoms with Gasteiger partial charge < -0.3 is 28.1 Å². The van der Waals surface area contributed by atoms with Gasteiger partial charge in [-0.1, -0.05) is 185 Å². The Balaban J connectivity index is 1.20. The SMILES string of the molecule is CO[C@H]1CC[C@]2(C=C[C@H](C(S(=O)(=O)c3ccccc3)S(=O)(=O)c3ccccc3)[C@@H](C[C@H](COCc3ccccc3)OCc3ccccc3)O2)O[C@@H]1CO[Si](c1ccccc1)(c1ccccc1)C(C)(C)C. The minimum Gasteiger partial charge on any atom is -0.405 e. The summed E-state index contributed by atoms with van der Waals surface area (Å²) in [4.78, 5) is -0.236. The van der Waals surface area contributed by atoms with Crippen molar-refractivity contribution in [2.24, 2.45) is 5.92 Å². The van der Waals surface area contributed by atoms with Crippen molar-refractivity contribution >= 4 is 38.4 Å². The van der Waals surface area contributed by atoms with E-state index in [1.807, 2.05) is 97.1 Å². The lowest BCUT2D eigenvalue weighted by atomic mass is 9.90. The highest BCUT2D eigenvalue weighted by Crippen LogP contribution is 2.45. The van der Waals surface area contributed by atoms with E-state index >= 15 is 16.8 Å². The van der Waals surface area contributed by atoms with Crippen LogP contribution in [0.4, 0.5) is 0 Å². The number of rotatable bonds is 20. The van der Waals surface area contributed by atoms with E-state index in [0.29, 0.717) is 19.4 Å². The van der Waals surface area contributed by atoms with E-state index < -0.39 is 62.6 Å². The fourth-order valence-electron chi connectivity index (χ4n) is 9.92. The maximum atomic E-state index is 15.1. The Kier molecular flexibility index (Phi) is 16.5. The van der Waals surface area contributed by atoms with Crippen LogP contribution in [0, 0.1) is 5.92 Å². The van der Waals surface area contributed by atoms with E-state index in [1.54, 1.807) is 55.7 Å². The molecule has 13 heteroatoms. The van der Waals surface area contributed by atoms with Gasteiger partial charge in [-0.15, -0.1) is 0 Å². The van der Waals surface area contributed by atoms with Crippen molar-refractivity contribution in [1.82, 2.24) is 0 Å². The standard InChI is InChI=1S/C57H64O10S2Si/c1-56(2,3)70(49-31-19-9-20-32-49,50-33-21-10-22-34-50)65-43-54-52(62-4)36-38-57(67-54)37-35-51(55(68(58,59)47-27-15-7-16-28-47)69(60,61)48-29-17-8-18-30-48)53(66-57)39-46(64-41-45-25-13-6-14-26-45)42-63-40-44-23-11-5-12-24-44/h5-35,37,46,51-55H,36,38-43H2,1-4H3/t46-,51+,52+,53-,54-,57+/m1/s1. The van der Waals surface area contributed by atoms with Crippen LogP contribution in [0.25, 0.3) is 0 Å². The lowest BCUT2D eigenvalue weighted by Gasteiger charge is -2.49. The van der Waals surface area contributed by atoms with Crippen LogP contribution in [0.3, 0.4) is 0 Å². The molecule has 1 saturated heterocycles. The molecule has 0 saturated carbocycles. The van der Waals surface area contributed by atoms with Crippen molar-refractivity contribution in [1.29, 1.82) is 0 Å². The van der Waals surface area contributed by atoms with Gasteiger partial charge in [-0.05, 0) is 63.3 Å². The molecule has 0 N–H and O–H groups in total. The van der Waals surface area contributed by atoms with Gasteiger partial charge in [-0.2, -0.15) is 0 Å². The van der Waals surface area contributed by atoms with Crippen LogP contribution >= 0.6 is 0 Å². The highest BCUT2D eigenvalue weighted by Gasteiger charge is 2.55. The fraction of sp³-hybridized carbons (Fsp3) is 0.333. The molecule has 6 aromatic rings. The van der Waals surface area contributed by atoms with Crippen LogP contribution < -0.4 is 10.4 Å². The Hall–Kier alpha value is -5.06. The van der Waals surface area contributed by atoms with Crippen molar-refractivity contribution in [3.05, 3.63) is 205 Å². The minimum atomic E-state index is -4.61. The van der Waals surface area contributed by atoms with Crippen LogP contribution in [-0.4, -0.2) is 80.3 Å². The second-order valence-corrected chi connectivity index (χ2v) is 27.8. The maximum Gasteiger partial charge on any atom is 0.261 e. The number of benzene rings is 6. The van der Waals surface area contributed by atoms with E-state index in [9.17, 15) is 0 Å². The number of hydrogen-bond donors (Lipinski definition) is 0. The average Bonchev–Trinajstić information content (AvgIpc) is 3.38. The topological polar surface area (TPSA) is 124 Å². The normalized spacial score (nSPS) is 21.4. The Morgan fingerprint density at radius 2 is 1.09 bits per heavy atom. The molecule has 0 unspecified atom stereocenters. The molecule has 70 heavy (non-hydrogen) atoms. The fourth-order valence-corrected chi connectivity index (χ4v) is 19.5. The van der Waals surface area contributed by atoms with Gasteiger partial charge in [0.15, 0.2) is 30.0 Å². The third-order valence-electron chi connectivity index (χ3n) is 13.4. The van der Waals surface area contributed by atoms with E-state index in [4.69, 9.17) is 28.1 Å². The number of sulfone groups is 2. The number of ether oxygens (including phenoxy) is 5. The molecular weight excluding hydrogens is 937 g/mol. The van der Waals surface area contributed by atoms with Gasteiger partial charge in [0.25, 0.3) is 8.32 Å². The lowest BCUT2D eigenvalue weighted by Crippen LogP contribution is -2.67. The van der Waals surface area contributed by atoms with E-state index in [2.05, 4.69) is 45.0 Å². The molecule has 0 amide bonds. The molecule has 0 radical (unpaired) electrons. The number of methoxy groups -OCH3 is 1. The molecule has 368 valence electrons. The first-order valence-electron chi connectivity index (χ1n) is 23.9. The van der Waals surface area contributed by atoms with Crippen LogP contribution in [0.5, 0.6) is 0 Å². The van der Waals surface area contributed by atoms with Crippen molar-refractivity contribution in [2.75, 3.05) is 20.3 Å². The second-order valence-electron chi connectivity index (χ2n) is 19.1. The van der Waals surface area contributed by atoms with E-state index in [-0.39, 0.29) is 47.2 Å². The first-order chi connectivity index (χ1) is 33.8. The van der Waals surface area contributed by atoms with Crippen molar-refractivity contribution in [2.45, 2.75) is 103 Å². The summed E-state index contributed by atoms with van der Waals surface area (Å²) in [5.74, 6) is -2.64. The molecule has 6 aromatic carbocycles. The third-order valence-corrected chi connectivity index (χ3v) is 23.6. The monoisotopic (exact) mass is 1000 g/mol. The summed E-state index contributed by atoms with van der Waals surface area (Å²) in [5.41, 5.74) is 1.89. The zero-order valence-corrected chi connectivity index (χ0v) is 42.9. The van der Waals surface area contributed by atoms with Crippen molar-refractivity contribution in [3.63, 3.8) is 0 Å².